The monoisotopic (exact) mass is 556 g/mol. The molecule has 0 amide bonds. The SMILES string of the molecule is CCc1ccc(N(c2ccccc2)c2ccc(-c3ccc(N(c4ccccc4)c4ccc(CC)cc4)s3)s2)cc1. The van der Waals surface area contributed by atoms with Crippen LogP contribution in [-0.2, 0) is 12.8 Å². The van der Waals surface area contributed by atoms with Gasteiger partial charge in [0.1, 0.15) is 10.0 Å². The summed E-state index contributed by atoms with van der Waals surface area (Å²) in [4.78, 5) is 7.25. The highest BCUT2D eigenvalue weighted by molar-refractivity contribution is 7.26. The van der Waals surface area contributed by atoms with Crippen molar-refractivity contribution in [2.24, 2.45) is 0 Å². The van der Waals surface area contributed by atoms with Gasteiger partial charge in [0.05, 0.1) is 0 Å². The van der Waals surface area contributed by atoms with Gasteiger partial charge >= 0.3 is 0 Å². The predicted octanol–water partition coefficient (Wildman–Crippen LogP) is 11.5. The largest absolute Gasteiger partial charge is 0.302 e. The van der Waals surface area contributed by atoms with Crippen LogP contribution in [0, 0.1) is 0 Å². The molecule has 40 heavy (non-hydrogen) atoms. The molecule has 2 nitrogen and oxygen atoms in total. The van der Waals surface area contributed by atoms with E-state index in [4.69, 9.17) is 0 Å². The molecule has 0 aliphatic rings. The van der Waals surface area contributed by atoms with Crippen molar-refractivity contribution in [1.82, 2.24) is 0 Å². The average molecular weight is 557 g/mol. The number of hydrogen-bond donors (Lipinski definition) is 0. The molecule has 0 atom stereocenters. The normalized spacial score (nSPS) is 10.9. The average Bonchev–Trinajstić information content (AvgIpc) is 3.70. The molecular weight excluding hydrogens is 525 g/mol. The minimum atomic E-state index is 1.04. The van der Waals surface area contributed by atoms with Crippen molar-refractivity contribution >= 4 is 55.4 Å². The van der Waals surface area contributed by atoms with Crippen molar-refractivity contribution < 1.29 is 0 Å². The van der Waals surface area contributed by atoms with Crippen LogP contribution < -0.4 is 9.80 Å². The fourth-order valence-corrected chi connectivity index (χ4v) is 7.07. The van der Waals surface area contributed by atoms with E-state index in [2.05, 4.69) is 157 Å². The van der Waals surface area contributed by atoms with Crippen LogP contribution in [0.15, 0.2) is 133 Å². The highest BCUT2D eigenvalue weighted by atomic mass is 32.1. The first-order valence-electron chi connectivity index (χ1n) is 13.8. The van der Waals surface area contributed by atoms with E-state index >= 15 is 0 Å². The molecule has 0 saturated heterocycles. The van der Waals surface area contributed by atoms with Crippen LogP contribution in [0.3, 0.4) is 0 Å². The highest BCUT2D eigenvalue weighted by Gasteiger charge is 2.18. The van der Waals surface area contributed by atoms with Gasteiger partial charge in [0.2, 0.25) is 0 Å². The Bertz CT molecular complexity index is 1520. The second-order valence-corrected chi connectivity index (χ2v) is 11.8. The van der Waals surface area contributed by atoms with Gasteiger partial charge in [0.15, 0.2) is 0 Å². The zero-order chi connectivity index (χ0) is 27.3. The lowest BCUT2D eigenvalue weighted by Gasteiger charge is -2.24. The third-order valence-electron chi connectivity index (χ3n) is 7.10. The number of benzene rings is 4. The number of rotatable bonds is 9. The van der Waals surface area contributed by atoms with Crippen LogP contribution in [0.2, 0.25) is 0 Å². The quantitative estimate of drug-likeness (QED) is 0.175. The molecule has 2 heterocycles. The first kappa shape index (κ1) is 26.1. The van der Waals surface area contributed by atoms with E-state index in [0.717, 1.165) is 24.2 Å². The first-order valence-corrected chi connectivity index (χ1v) is 15.4. The molecule has 6 aromatic rings. The summed E-state index contributed by atoms with van der Waals surface area (Å²) < 4.78 is 0. The van der Waals surface area contributed by atoms with E-state index in [0.29, 0.717) is 0 Å². The van der Waals surface area contributed by atoms with Crippen LogP contribution in [0.1, 0.15) is 25.0 Å². The second-order valence-electron chi connectivity index (χ2n) is 9.66. The van der Waals surface area contributed by atoms with Crippen molar-refractivity contribution in [2.75, 3.05) is 9.80 Å². The number of para-hydroxylation sites is 2. The summed E-state index contributed by atoms with van der Waals surface area (Å²) in [6.07, 6.45) is 2.08. The number of nitrogens with zero attached hydrogens (tertiary/aromatic N) is 2. The van der Waals surface area contributed by atoms with Crippen molar-refractivity contribution in [3.63, 3.8) is 0 Å². The molecule has 4 heteroatoms. The van der Waals surface area contributed by atoms with Gasteiger partial charge in [-0.25, -0.2) is 0 Å². The smallest absolute Gasteiger partial charge is 0.101 e. The van der Waals surface area contributed by atoms with Gasteiger partial charge in [-0.15, -0.1) is 22.7 Å². The zero-order valence-electron chi connectivity index (χ0n) is 22.8. The Morgan fingerprint density at radius 3 is 1.10 bits per heavy atom. The standard InChI is InChI=1S/C36H32N2S2/c1-3-27-15-19-31(20-16-27)37(29-11-7-5-8-12-29)35-25-23-33(39-35)34-24-26-36(40-34)38(30-13-9-6-10-14-30)32-21-17-28(4-2)18-22-32/h5-26H,3-4H2,1-2H3. The third kappa shape index (κ3) is 5.46. The summed E-state index contributed by atoms with van der Waals surface area (Å²) in [6, 6.07) is 48.2. The first-order chi connectivity index (χ1) is 19.7. The second kappa shape index (κ2) is 12.0. The van der Waals surface area contributed by atoms with E-state index < -0.39 is 0 Å². The molecule has 4 aromatic carbocycles. The van der Waals surface area contributed by atoms with Crippen molar-refractivity contribution in [3.8, 4) is 9.75 Å². The molecule has 0 N–H and O–H groups in total. The van der Waals surface area contributed by atoms with Crippen molar-refractivity contribution in [2.45, 2.75) is 26.7 Å². The Kier molecular flexibility index (Phi) is 7.80. The van der Waals surface area contributed by atoms with E-state index in [9.17, 15) is 0 Å². The maximum Gasteiger partial charge on any atom is 0.101 e. The summed E-state index contributed by atoms with van der Waals surface area (Å²) in [5, 5.41) is 2.41. The highest BCUT2D eigenvalue weighted by Crippen LogP contribution is 2.46. The van der Waals surface area contributed by atoms with Gasteiger partial charge in [-0.1, -0.05) is 74.5 Å². The maximum absolute atomic E-state index is 2.35. The van der Waals surface area contributed by atoms with Crippen molar-refractivity contribution in [1.29, 1.82) is 0 Å². The molecule has 0 saturated carbocycles. The Hall–Kier alpha value is -4.12. The van der Waals surface area contributed by atoms with Crippen LogP contribution in [-0.4, -0.2) is 0 Å². The molecule has 2 aromatic heterocycles. The number of hydrogen-bond acceptors (Lipinski definition) is 4. The summed E-state index contributed by atoms with van der Waals surface area (Å²) in [6.45, 7) is 4.40. The molecule has 0 spiro atoms. The minimum absolute atomic E-state index is 1.04. The Balaban J connectivity index is 1.36. The van der Waals surface area contributed by atoms with Crippen LogP contribution >= 0.6 is 22.7 Å². The van der Waals surface area contributed by atoms with Gasteiger partial charge in [-0.2, -0.15) is 0 Å². The van der Waals surface area contributed by atoms with E-state index in [1.165, 1.54) is 42.3 Å². The lowest BCUT2D eigenvalue weighted by atomic mass is 10.1. The van der Waals surface area contributed by atoms with Gasteiger partial charge < -0.3 is 9.80 Å². The molecule has 0 aliphatic heterocycles. The molecule has 0 bridgehead atoms. The molecule has 6 rings (SSSR count). The molecule has 0 fully saturated rings. The number of thiophene rings is 2. The fourth-order valence-electron chi connectivity index (χ4n) is 4.88. The van der Waals surface area contributed by atoms with Gasteiger partial charge in [-0.3, -0.25) is 0 Å². The predicted molar refractivity (Wildman–Crippen MR) is 176 cm³/mol. The molecular formula is C36H32N2S2. The molecule has 0 unspecified atom stereocenters. The van der Waals surface area contributed by atoms with Gasteiger partial charge in [0.25, 0.3) is 0 Å². The van der Waals surface area contributed by atoms with Crippen LogP contribution in [0.5, 0.6) is 0 Å². The van der Waals surface area contributed by atoms with Gasteiger partial charge in [0, 0.05) is 32.5 Å². The topological polar surface area (TPSA) is 6.48 Å². The summed E-state index contributed by atoms with van der Waals surface area (Å²) in [5.41, 5.74) is 7.38. The molecule has 198 valence electrons. The minimum Gasteiger partial charge on any atom is -0.302 e. The maximum atomic E-state index is 2.35. The van der Waals surface area contributed by atoms with E-state index in [1.54, 1.807) is 0 Å². The lowest BCUT2D eigenvalue weighted by molar-refractivity contribution is 1.14. The van der Waals surface area contributed by atoms with E-state index in [1.807, 2.05) is 22.7 Å². The lowest BCUT2D eigenvalue weighted by Crippen LogP contribution is -2.08. The van der Waals surface area contributed by atoms with Crippen LogP contribution in [0.25, 0.3) is 9.75 Å². The Morgan fingerprint density at radius 1 is 0.400 bits per heavy atom. The summed E-state index contributed by atoms with van der Waals surface area (Å²) >= 11 is 3.67. The van der Waals surface area contributed by atoms with Crippen LogP contribution in [0.4, 0.5) is 32.8 Å². The zero-order valence-corrected chi connectivity index (χ0v) is 24.5. The Morgan fingerprint density at radius 2 is 0.750 bits per heavy atom. The van der Waals surface area contributed by atoms with Crippen molar-refractivity contribution in [3.05, 3.63) is 145 Å². The summed E-state index contributed by atoms with van der Waals surface area (Å²) in [5.74, 6) is 0. The summed E-state index contributed by atoms with van der Waals surface area (Å²) in [7, 11) is 0. The fraction of sp³-hybridized carbons (Fsp3) is 0.111. The van der Waals surface area contributed by atoms with Gasteiger partial charge in [-0.05, 0) is 96.8 Å². The molecule has 0 aliphatic carbocycles. The number of aryl methyl sites for hydroxylation is 2. The third-order valence-corrected chi connectivity index (χ3v) is 9.44. The number of anilines is 6. The van der Waals surface area contributed by atoms with E-state index in [-0.39, 0.29) is 0 Å². The Labute approximate surface area is 245 Å². The molecule has 0 radical (unpaired) electrons.